The normalized spacial score (nSPS) is 15.5. The van der Waals surface area contributed by atoms with E-state index in [1.807, 2.05) is 19.1 Å². The Morgan fingerprint density at radius 3 is 2.58 bits per heavy atom. The summed E-state index contributed by atoms with van der Waals surface area (Å²) in [6.07, 6.45) is 1.72. The molecular formula is C17H21N3O3S. The lowest BCUT2D eigenvalue weighted by atomic mass is 10.2. The number of nitrogens with one attached hydrogen (secondary N) is 1. The molecule has 128 valence electrons. The third kappa shape index (κ3) is 3.92. The predicted octanol–water partition coefficient (Wildman–Crippen LogP) is 1.71. The summed E-state index contributed by atoms with van der Waals surface area (Å²) in [5.41, 5.74) is 1.88. The van der Waals surface area contributed by atoms with Crippen molar-refractivity contribution in [2.75, 3.05) is 31.2 Å². The molecule has 1 aliphatic heterocycles. The van der Waals surface area contributed by atoms with Crippen LogP contribution in [0.4, 0.5) is 5.82 Å². The number of nitrogens with zero attached hydrogens (tertiary/aromatic N) is 2. The second kappa shape index (κ2) is 7.29. The van der Waals surface area contributed by atoms with Gasteiger partial charge in [0.15, 0.2) is 0 Å². The quantitative estimate of drug-likeness (QED) is 0.891. The van der Waals surface area contributed by atoms with Gasteiger partial charge in [-0.15, -0.1) is 0 Å². The Hall–Kier alpha value is -1.96. The van der Waals surface area contributed by atoms with E-state index in [-0.39, 0.29) is 11.4 Å². The SMILES string of the molecule is Cc1ccc(S(=O)(=O)NCc2cccnc2N2CCOCC2)cc1. The number of hydrogen-bond acceptors (Lipinski definition) is 5. The van der Waals surface area contributed by atoms with Crippen LogP contribution in [0.3, 0.4) is 0 Å². The molecule has 1 N–H and O–H groups in total. The first-order valence-electron chi connectivity index (χ1n) is 7.89. The molecule has 0 bridgehead atoms. The number of sulfonamides is 1. The van der Waals surface area contributed by atoms with Crippen molar-refractivity contribution in [3.63, 3.8) is 0 Å². The number of hydrogen-bond donors (Lipinski definition) is 1. The minimum absolute atomic E-state index is 0.205. The van der Waals surface area contributed by atoms with Gasteiger partial charge >= 0.3 is 0 Å². The minimum atomic E-state index is -3.54. The number of morpholine rings is 1. The van der Waals surface area contributed by atoms with Crippen LogP contribution in [0.2, 0.25) is 0 Å². The number of anilines is 1. The maximum absolute atomic E-state index is 12.4. The van der Waals surface area contributed by atoms with E-state index in [1.54, 1.807) is 30.5 Å². The fourth-order valence-corrected chi connectivity index (χ4v) is 3.61. The second-order valence-corrected chi connectivity index (χ2v) is 7.49. The third-order valence-corrected chi connectivity index (χ3v) is 5.38. The van der Waals surface area contributed by atoms with Gasteiger partial charge in [0.1, 0.15) is 5.82 Å². The molecule has 7 heteroatoms. The van der Waals surface area contributed by atoms with Gasteiger partial charge in [-0.3, -0.25) is 0 Å². The number of ether oxygens (including phenoxy) is 1. The van der Waals surface area contributed by atoms with Gasteiger partial charge < -0.3 is 9.64 Å². The molecule has 6 nitrogen and oxygen atoms in total. The van der Waals surface area contributed by atoms with Gasteiger partial charge in [0.05, 0.1) is 18.1 Å². The molecule has 0 amide bonds. The molecule has 0 unspecified atom stereocenters. The van der Waals surface area contributed by atoms with E-state index in [4.69, 9.17) is 4.74 Å². The van der Waals surface area contributed by atoms with E-state index < -0.39 is 10.0 Å². The zero-order valence-electron chi connectivity index (χ0n) is 13.6. The fraction of sp³-hybridized carbons (Fsp3) is 0.353. The lowest BCUT2D eigenvalue weighted by Gasteiger charge is -2.29. The van der Waals surface area contributed by atoms with Crippen molar-refractivity contribution < 1.29 is 13.2 Å². The van der Waals surface area contributed by atoms with E-state index in [2.05, 4.69) is 14.6 Å². The largest absolute Gasteiger partial charge is 0.378 e. The van der Waals surface area contributed by atoms with Crippen LogP contribution in [-0.2, 0) is 21.3 Å². The average molecular weight is 347 g/mol. The molecule has 1 saturated heterocycles. The highest BCUT2D eigenvalue weighted by molar-refractivity contribution is 7.89. The molecule has 1 aliphatic rings. The molecule has 0 spiro atoms. The van der Waals surface area contributed by atoms with E-state index in [0.29, 0.717) is 13.2 Å². The van der Waals surface area contributed by atoms with E-state index in [1.165, 1.54) is 0 Å². The van der Waals surface area contributed by atoms with Crippen LogP contribution in [0, 0.1) is 6.92 Å². The van der Waals surface area contributed by atoms with E-state index in [0.717, 1.165) is 30.0 Å². The topological polar surface area (TPSA) is 71.5 Å². The van der Waals surface area contributed by atoms with Crippen molar-refractivity contribution in [1.29, 1.82) is 0 Å². The zero-order chi connectivity index (χ0) is 17.0. The van der Waals surface area contributed by atoms with Crippen molar-refractivity contribution in [1.82, 2.24) is 9.71 Å². The van der Waals surface area contributed by atoms with Gasteiger partial charge in [-0.05, 0) is 25.1 Å². The molecule has 1 fully saturated rings. The maximum Gasteiger partial charge on any atom is 0.240 e. The van der Waals surface area contributed by atoms with Crippen LogP contribution >= 0.6 is 0 Å². The summed E-state index contributed by atoms with van der Waals surface area (Å²) in [5, 5.41) is 0. The minimum Gasteiger partial charge on any atom is -0.378 e. The molecule has 24 heavy (non-hydrogen) atoms. The van der Waals surface area contributed by atoms with Crippen LogP contribution in [0.1, 0.15) is 11.1 Å². The van der Waals surface area contributed by atoms with Gasteiger partial charge in [-0.25, -0.2) is 18.1 Å². The summed E-state index contributed by atoms with van der Waals surface area (Å²) in [6.45, 7) is 4.96. The molecule has 0 saturated carbocycles. The predicted molar refractivity (Wildman–Crippen MR) is 92.5 cm³/mol. The molecule has 1 aromatic heterocycles. The molecule has 1 aromatic carbocycles. The van der Waals surface area contributed by atoms with Crippen molar-refractivity contribution in [3.05, 3.63) is 53.7 Å². The van der Waals surface area contributed by atoms with Crippen LogP contribution in [0.25, 0.3) is 0 Å². The number of benzene rings is 1. The van der Waals surface area contributed by atoms with Gasteiger partial charge in [-0.1, -0.05) is 23.8 Å². The first kappa shape index (κ1) is 16.9. The highest BCUT2D eigenvalue weighted by Gasteiger charge is 2.18. The van der Waals surface area contributed by atoms with Gasteiger partial charge in [-0.2, -0.15) is 0 Å². The van der Waals surface area contributed by atoms with Crippen molar-refractivity contribution >= 4 is 15.8 Å². The van der Waals surface area contributed by atoms with Crippen LogP contribution in [0.5, 0.6) is 0 Å². The summed E-state index contributed by atoms with van der Waals surface area (Å²) in [7, 11) is -3.54. The first-order valence-corrected chi connectivity index (χ1v) is 9.37. The van der Waals surface area contributed by atoms with Crippen LogP contribution in [0.15, 0.2) is 47.5 Å². The van der Waals surface area contributed by atoms with E-state index >= 15 is 0 Å². The number of aromatic nitrogens is 1. The Morgan fingerprint density at radius 1 is 1.17 bits per heavy atom. The highest BCUT2D eigenvalue weighted by atomic mass is 32.2. The lowest BCUT2D eigenvalue weighted by Crippen LogP contribution is -2.37. The third-order valence-electron chi connectivity index (χ3n) is 3.96. The Bertz CT molecular complexity index is 785. The molecule has 3 rings (SSSR count). The van der Waals surface area contributed by atoms with Gasteiger partial charge in [0.2, 0.25) is 10.0 Å². The Balaban J connectivity index is 1.75. The lowest BCUT2D eigenvalue weighted by molar-refractivity contribution is 0.122. The Morgan fingerprint density at radius 2 is 1.88 bits per heavy atom. The summed E-state index contributed by atoms with van der Waals surface area (Å²) < 4.78 is 32.9. The number of rotatable bonds is 5. The Kier molecular flexibility index (Phi) is 5.13. The van der Waals surface area contributed by atoms with Gasteiger partial charge in [0, 0.05) is 31.4 Å². The standard InChI is InChI=1S/C17H21N3O3S/c1-14-4-6-16(7-5-14)24(21,22)19-13-15-3-2-8-18-17(15)20-9-11-23-12-10-20/h2-8,19H,9-13H2,1H3. The monoisotopic (exact) mass is 347 g/mol. The van der Waals surface area contributed by atoms with Crippen LogP contribution < -0.4 is 9.62 Å². The fourth-order valence-electron chi connectivity index (χ4n) is 2.60. The number of pyridine rings is 1. The molecule has 0 atom stereocenters. The Labute approximate surface area is 142 Å². The molecule has 0 aliphatic carbocycles. The summed E-state index contributed by atoms with van der Waals surface area (Å²) in [6, 6.07) is 10.5. The van der Waals surface area contributed by atoms with Crippen molar-refractivity contribution in [2.24, 2.45) is 0 Å². The number of aryl methyl sites for hydroxylation is 1. The molecule has 0 radical (unpaired) electrons. The highest BCUT2D eigenvalue weighted by Crippen LogP contribution is 2.19. The van der Waals surface area contributed by atoms with Crippen molar-refractivity contribution in [3.8, 4) is 0 Å². The smallest absolute Gasteiger partial charge is 0.240 e. The zero-order valence-corrected chi connectivity index (χ0v) is 14.4. The van der Waals surface area contributed by atoms with Crippen molar-refractivity contribution in [2.45, 2.75) is 18.4 Å². The first-order chi connectivity index (χ1) is 11.6. The maximum atomic E-state index is 12.4. The average Bonchev–Trinajstić information content (AvgIpc) is 2.61. The second-order valence-electron chi connectivity index (χ2n) is 5.72. The summed E-state index contributed by atoms with van der Waals surface area (Å²) in [4.78, 5) is 6.82. The molecule has 2 aromatic rings. The summed E-state index contributed by atoms with van der Waals surface area (Å²) in [5.74, 6) is 0.812. The molecule has 2 heterocycles. The van der Waals surface area contributed by atoms with E-state index in [9.17, 15) is 8.42 Å². The summed E-state index contributed by atoms with van der Waals surface area (Å²) >= 11 is 0. The van der Waals surface area contributed by atoms with Crippen LogP contribution in [-0.4, -0.2) is 39.7 Å². The van der Waals surface area contributed by atoms with Gasteiger partial charge in [0.25, 0.3) is 0 Å². The molecular weight excluding hydrogens is 326 g/mol.